The molecule has 0 spiro atoms. The van der Waals surface area contributed by atoms with Crippen LogP contribution in [0.5, 0.6) is 5.75 Å². The number of nitrogens with one attached hydrogen (secondary N) is 2. The van der Waals surface area contributed by atoms with Crippen LogP contribution in [0.4, 0.5) is 0 Å². The molecular weight excluding hydrogens is 354 g/mol. The van der Waals surface area contributed by atoms with E-state index in [1.807, 2.05) is 25.6 Å². The SMILES string of the molecule is Cn1cc(-c2cnc3[nH]c4cnc(C#N)c(OC5CCCNC5)c4c3c2)cn1. The molecule has 1 saturated heterocycles. The highest BCUT2D eigenvalue weighted by Gasteiger charge is 2.22. The van der Waals surface area contributed by atoms with Crippen LogP contribution in [0.15, 0.2) is 30.9 Å². The highest BCUT2D eigenvalue weighted by atomic mass is 16.5. The van der Waals surface area contributed by atoms with Crippen molar-refractivity contribution in [2.45, 2.75) is 18.9 Å². The van der Waals surface area contributed by atoms with Gasteiger partial charge in [-0.2, -0.15) is 10.4 Å². The second-order valence-corrected chi connectivity index (χ2v) is 7.07. The van der Waals surface area contributed by atoms with Gasteiger partial charge in [0.05, 0.1) is 23.3 Å². The first-order valence-electron chi connectivity index (χ1n) is 9.30. The lowest BCUT2D eigenvalue weighted by Crippen LogP contribution is -2.37. The Kier molecular flexibility index (Phi) is 3.95. The average Bonchev–Trinajstić information content (AvgIpc) is 3.32. The van der Waals surface area contributed by atoms with Gasteiger partial charge >= 0.3 is 0 Å². The van der Waals surface area contributed by atoms with Crippen molar-refractivity contribution >= 4 is 21.9 Å². The molecule has 0 saturated carbocycles. The number of pyridine rings is 2. The van der Waals surface area contributed by atoms with E-state index in [4.69, 9.17) is 4.74 Å². The molecule has 1 fully saturated rings. The molecule has 0 aromatic carbocycles. The van der Waals surface area contributed by atoms with E-state index in [0.717, 1.165) is 59.0 Å². The van der Waals surface area contributed by atoms with E-state index in [-0.39, 0.29) is 6.10 Å². The standard InChI is InChI=1S/C20H19N7O/c1-27-11-13(8-25-27)12-5-15-18-17(26-20(15)24-7-12)10-23-16(6-21)19(18)28-14-3-2-4-22-9-14/h5,7-8,10-11,14,22H,2-4,9H2,1H3,(H,24,26). The molecule has 0 aliphatic carbocycles. The molecule has 4 aromatic rings. The summed E-state index contributed by atoms with van der Waals surface area (Å²) >= 11 is 0. The Balaban J connectivity index is 1.70. The van der Waals surface area contributed by atoms with Gasteiger partial charge in [0.1, 0.15) is 17.8 Å². The molecule has 28 heavy (non-hydrogen) atoms. The number of fused-ring (bicyclic) bond motifs is 3. The molecular formula is C20H19N7O. The number of nitrogens with zero attached hydrogens (tertiary/aromatic N) is 5. The van der Waals surface area contributed by atoms with Crippen molar-refractivity contribution in [2.75, 3.05) is 13.1 Å². The van der Waals surface area contributed by atoms with Crippen LogP contribution >= 0.6 is 0 Å². The first kappa shape index (κ1) is 16.7. The predicted octanol–water partition coefficient (Wildman–Crippen LogP) is 2.51. The van der Waals surface area contributed by atoms with Crippen LogP contribution in [0.1, 0.15) is 18.5 Å². The molecule has 5 heterocycles. The summed E-state index contributed by atoms with van der Waals surface area (Å²) < 4.78 is 8.06. The van der Waals surface area contributed by atoms with E-state index in [9.17, 15) is 5.26 Å². The zero-order valence-electron chi connectivity index (χ0n) is 15.4. The summed E-state index contributed by atoms with van der Waals surface area (Å²) in [6.45, 7) is 1.77. The minimum Gasteiger partial charge on any atom is -0.485 e. The van der Waals surface area contributed by atoms with Gasteiger partial charge in [0.2, 0.25) is 0 Å². The number of aromatic nitrogens is 5. The molecule has 2 N–H and O–H groups in total. The summed E-state index contributed by atoms with van der Waals surface area (Å²) in [6, 6.07) is 4.24. The molecule has 5 rings (SSSR count). The van der Waals surface area contributed by atoms with Gasteiger partial charge in [-0.25, -0.2) is 9.97 Å². The largest absolute Gasteiger partial charge is 0.485 e. The molecule has 1 aliphatic rings. The first-order valence-corrected chi connectivity index (χ1v) is 9.30. The maximum Gasteiger partial charge on any atom is 0.183 e. The van der Waals surface area contributed by atoms with E-state index in [1.54, 1.807) is 10.9 Å². The fraction of sp³-hybridized carbons (Fsp3) is 0.300. The molecule has 0 amide bonds. The van der Waals surface area contributed by atoms with Crippen molar-refractivity contribution in [1.82, 2.24) is 30.0 Å². The van der Waals surface area contributed by atoms with Crippen LogP contribution < -0.4 is 10.1 Å². The van der Waals surface area contributed by atoms with Crippen LogP contribution in [0, 0.1) is 11.3 Å². The number of ether oxygens (including phenoxy) is 1. The minimum atomic E-state index is 0.0210. The number of rotatable bonds is 3. The predicted molar refractivity (Wildman–Crippen MR) is 105 cm³/mol. The van der Waals surface area contributed by atoms with Crippen molar-refractivity contribution in [2.24, 2.45) is 7.05 Å². The second kappa shape index (κ2) is 6.62. The average molecular weight is 373 g/mol. The summed E-state index contributed by atoms with van der Waals surface area (Å²) in [5.41, 5.74) is 3.79. The lowest BCUT2D eigenvalue weighted by Gasteiger charge is -2.24. The Morgan fingerprint density at radius 2 is 2.18 bits per heavy atom. The van der Waals surface area contributed by atoms with Crippen molar-refractivity contribution in [3.05, 3.63) is 36.5 Å². The summed E-state index contributed by atoms with van der Waals surface area (Å²) in [5.74, 6) is 0.532. The lowest BCUT2D eigenvalue weighted by atomic mass is 10.1. The van der Waals surface area contributed by atoms with Crippen LogP contribution in [0.3, 0.4) is 0 Å². The van der Waals surface area contributed by atoms with Crippen molar-refractivity contribution in [1.29, 1.82) is 5.26 Å². The number of nitriles is 1. The van der Waals surface area contributed by atoms with Gasteiger partial charge in [-0.05, 0) is 25.5 Å². The number of aromatic amines is 1. The normalized spacial score (nSPS) is 17.1. The Bertz CT molecular complexity index is 1210. The van der Waals surface area contributed by atoms with Gasteiger partial charge < -0.3 is 15.0 Å². The van der Waals surface area contributed by atoms with Gasteiger partial charge in [-0.1, -0.05) is 0 Å². The highest BCUT2D eigenvalue weighted by Crippen LogP contribution is 2.36. The van der Waals surface area contributed by atoms with Crippen molar-refractivity contribution < 1.29 is 4.74 Å². The zero-order chi connectivity index (χ0) is 19.1. The Labute approximate surface area is 161 Å². The van der Waals surface area contributed by atoms with Crippen molar-refractivity contribution in [3.63, 3.8) is 0 Å². The second-order valence-electron chi connectivity index (χ2n) is 7.07. The topological polar surface area (TPSA) is 104 Å². The fourth-order valence-corrected chi connectivity index (χ4v) is 3.75. The number of hydrogen-bond acceptors (Lipinski definition) is 6. The van der Waals surface area contributed by atoms with Gasteiger partial charge in [0, 0.05) is 42.5 Å². The minimum absolute atomic E-state index is 0.0210. The summed E-state index contributed by atoms with van der Waals surface area (Å²) in [5, 5.41) is 19.0. The third kappa shape index (κ3) is 2.77. The third-order valence-electron chi connectivity index (χ3n) is 5.12. The molecule has 8 nitrogen and oxygen atoms in total. The number of H-pyrrole nitrogens is 1. The van der Waals surface area contributed by atoms with E-state index < -0.39 is 0 Å². The van der Waals surface area contributed by atoms with E-state index >= 15 is 0 Å². The van der Waals surface area contributed by atoms with Gasteiger partial charge in [-0.3, -0.25) is 4.68 Å². The number of aryl methyl sites for hydroxylation is 1. The van der Waals surface area contributed by atoms with Crippen LogP contribution in [0.2, 0.25) is 0 Å². The summed E-state index contributed by atoms with van der Waals surface area (Å²) in [4.78, 5) is 12.2. The zero-order valence-corrected chi connectivity index (χ0v) is 15.4. The molecule has 0 radical (unpaired) electrons. The molecule has 4 aromatic heterocycles. The first-order chi connectivity index (χ1) is 13.7. The van der Waals surface area contributed by atoms with E-state index in [0.29, 0.717) is 11.4 Å². The van der Waals surface area contributed by atoms with Crippen LogP contribution in [0.25, 0.3) is 33.1 Å². The molecule has 0 bridgehead atoms. The monoisotopic (exact) mass is 373 g/mol. The Hall–Kier alpha value is -3.44. The van der Waals surface area contributed by atoms with Gasteiger partial charge in [0.25, 0.3) is 0 Å². The smallest absolute Gasteiger partial charge is 0.183 e. The number of hydrogen-bond donors (Lipinski definition) is 2. The molecule has 8 heteroatoms. The summed E-state index contributed by atoms with van der Waals surface area (Å²) in [7, 11) is 1.89. The molecule has 140 valence electrons. The molecule has 1 unspecified atom stereocenters. The molecule has 1 atom stereocenters. The highest BCUT2D eigenvalue weighted by molar-refractivity contribution is 6.10. The number of piperidine rings is 1. The van der Waals surface area contributed by atoms with E-state index in [2.05, 4.69) is 37.5 Å². The maximum atomic E-state index is 9.61. The fourth-order valence-electron chi connectivity index (χ4n) is 3.75. The quantitative estimate of drug-likeness (QED) is 0.572. The Morgan fingerprint density at radius 1 is 1.25 bits per heavy atom. The van der Waals surface area contributed by atoms with Gasteiger partial charge in [0.15, 0.2) is 11.4 Å². The lowest BCUT2D eigenvalue weighted by molar-refractivity contribution is 0.168. The Morgan fingerprint density at radius 3 is 2.93 bits per heavy atom. The maximum absolute atomic E-state index is 9.61. The van der Waals surface area contributed by atoms with Crippen molar-refractivity contribution in [3.8, 4) is 22.9 Å². The molecule has 1 aliphatic heterocycles. The van der Waals surface area contributed by atoms with Gasteiger partial charge in [-0.15, -0.1) is 0 Å². The van der Waals surface area contributed by atoms with E-state index in [1.165, 1.54) is 0 Å². The van der Waals surface area contributed by atoms with Crippen LogP contribution in [-0.2, 0) is 7.05 Å². The third-order valence-corrected chi connectivity index (χ3v) is 5.12. The van der Waals surface area contributed by atoms with Crippen LogP contribution in [-0.4, -0.2) is 43.9 Å². The summed E-state index contributed by atoms with van der Waals surface area (Å²) in [6.07, 6.45) is 9.28.